The molecule has 3 aromatic rings. The van der Waals surface area contributed by atoms with Gasteiger partial charge in [-0.1, -0.05) is 51.6 Å². The smallest absolute Gasteiger partial charge is 0.251 e. The topological polar surface area (TPSA) is 84.7 Å². The average Bonchev–Trinajstić information content (AvgIpc) is 3.10. The number of rotatable bonds is 8. The first kappa shape index (κ1) is 23.1. The number of nitrogens with zero attached hydrogens (tertiary/aromatic N) is 4. The minimum absolute atomic E-state index is 0.0657. The Hall–Kier alpha value is -2.61. The van der Waals surface area contributed by atoms with Crippen LogP contribution in [0.1, 0.15) is 57.5 Å². The van der Waals surface area contributed by atoms with Gasteiger partial charge in [0.05, 0.1) is 18.1 Å². The Labute approximate surface area is 188 Å². The molecule has 2 N–H and O–H groups in total. The fourth-order valence-electron chi connectivity index (χ4n) is 3.18. The van der Waals surface area contributed by atoms with Gasteiger partial charge in [0, 0.05) is 18.2 Å². The second kappa shape index (κ2) is 9.68. The van der Waals surface area contributed by atoms with Gasteiger partial charge in [0.2, 0.25) is 0 Å². The molecule has 1 aromatic carbocycles. The third-order valence-electron chi connectivity index (χ3n) is 4.80. The number of thioether (sulfide) groups is 1. The summed E-state index contributed by atoms with van der Waals surface area (Å²) < 4.78 is 1.82. The van der Waals surface area contributed by atoms with E-state index in [2.05, 4.69) is 67.2 Å². The molecule has 0 spiro atoms. The van der Waals surface area contributed by atoms with Crippen molar-refractivity contribution < 1.29 is 4.79 Å². The highest BCUT2D eigenvalue weighted by atomic mass is 32.2. The average molecular weight is 441 g/mol. The zero-order valence-corrected chi connectivity index (χ0v) is 20.0. The molecular formula is C23H32N6OS. The van der Waals surface area contributed by atoms with Gasteiger partial charge in [-0.2, -0.15) is 5.10 Å². The number of nitrogens with one attached hydrogen (secondary N) is 2. The number of aromatic nitrogens is 4. The van der Waals surface area contributed by atoms with Gasteiger partial charge in [0.25, 0.3) is 5.91 Å². The second-order valence-corrected chi connectivity index (χ2v) is 10.0. The molecule has 0 aliphatic carbocycles. The highest BCUT2D eigenvalue weighted by Gasteiger charge is 2.16. The lowest BCUT2D eigenvalue weighted by Crippen LogP contribution is -2.27. The lowest BCUT2D eigenvalue weighted by atomic mass is 9.87. The van der Waals surface area contributed by atoms with Crippen molar-refractivity contribution >= 4 is 34.5 Å². The monoisotopic (exact) mass is 440 g/mol. The van der Waals surface area contributed by atoms with Crippen LogP contribution in [0.25, 0.3) is 11.0 Å². The molecule has 0 saturated heterocycles. The summed E-state index contributed by atoms with van der Waals surface area (Å²) in [4.78, 5) is 21.8. The largest absolute Gasteiger partial charge is 0.367 e. The zero-order valence-electron chi connectivity index (χ0n) is 19.2. The van der Waals surface area contributed by atoms with Crippen LogP contribution in [-0.2, 0) is 12.0 Å². The van der Waals surface area contributed by atoms with Crippen LogP contribution >= 0.6 is 11.8 Å². The zero-order chi connectivity index (χ0) is 22.6. The Morgan fingerprint density at radius 1 is 1.16 bits per heavy atom. The van der Waals surface area contributed by atoms with E-state index in [0.717, 1.165) is 27.8 Å². The van der Waals surface area contributed by atoms with Crippen LogP contribution in [-0.4, -0.2) is 44.0 Å². The molecule has 8 heteroatoms. The predicted molar refractivity (Wildman–Crippen MR) is 128 cm³/mol. The summed E-state index contributed by atoms with van der Waals surface area (Å²) in [7, 11) is 0. The first-order chi connectivity index (χ1) is 14.7. The van der Waals surface area contributed by atoms with Gasteiger partial charge >= 0.3 is 0 Å². The van der Waals surface area contributed by atoms with Crippen molar-refractivity contribution in [1.29, 1.82) is 0 Å². The third-order valence-corrected chi connectivity index (χ3v) is 5.53. The van der Waals surface area contributed by atoms with E-state index in [9.17, 15) is 4.79 Å². The fraction of sp³-hybridized carbons (Fsp3) is 0.478. The second-order valence-electron chi connectivity index (χ2n) is 8.78. The van der Waals surface area contributed by atoms with E-state index in [1.165, 1.54) is 5.56 Å². The number of fused-ring (bicyclic) bond motifs is 1. The standard InChI is InChI=1S/C23H32N6OS/c1-7-31-22-27-19(26-15(2)3)18-14-25-29(20(18)28-22)13-12-24-21(30)16-8-10-17(11-9-16)23(4,5)6/h8-11,14-15H,7,12-13H2,1-6H3,(H,24,30)(H,26,27,28). The summed E-state index contributed by atoms with van der Waals surface area (Å²) in [6.07, 6.45) is 1.79. The molecule has 2 aromatic heterocycles. The number of hydrogen-bond donors (Lipinski definition) is 2. The maximum absolute atomic E-state index is 12.5. The lowest BCUT2D eigenvalue weighted by Gasteiger charge is -2.19. The van der Waals surface area contributed by atoms with Crippen LogP contribution in [0.3, 0.4) is 0 Å². The van der Waals surface area contributed by atoms with Gasteiger partial charge in [0.1, 0.15) is 5.82 Å². The molecule has 0 bridgehead atoms. The minimum Gasteiger partial charge on any atom is -0.367 e. The highest BCUT2D eigenvalue weighted by Crippen LogP contribution is 2.25. The molecule has 0 aliphatic rings. The van der Waals surface area contributed by atoms with Gasteiger partial charge in [0.15, 0.2) is 10.8 Å². The molecule has 7 nitrogen and oxygen atoms in total. The first-order valence-electron chi connectivity index (χ1n) is 10.7. The van der Waals surface area contributed by atoms with Crippen molar-refractivity contribution in [2.45, 2.75) is 64.7 Å². The van der Waals surface area contributed by atoms with Crippen molar-refractivity contribution in [2.24, 2.45) is 0 Å². The first-order valence-corrected chi connectivity index (χ1v) is 11.7. The van der Waals surface area contributed by atoms with Crippen LogP contribution in [0.5, 0.6) is 0 Å². The minimum atomic E-state index is -0.0871. The molecule has 0 aliphatic heterocycles. The molecular weight excluding hydrogens is 408 g/mol. The van der Waals surface area contributed by atoms with Gasteiger partial charge in [-0.25, -0.2) is 14.6 Å². The predicted octanol–water partition coefficient (Wildman–Crippen LogP) is 4.49. The molecule has 1 amide bonds. The number of anilines is 1. The van der Waals surface area contributed by atoms with Gasteiger partial charge in [-0.05, 0) is 42.7 Å². The van der Waals surface area contributed by atoms with E-state index in [1.54, 1.807) is 18.0 Å². The fourth-order valence-corrected chi connectivity index (χ4v) is 3.74. The van der Waals surface area contributed by atoms with Crippen LogP contribution in [0, 0.1) is 0 Å². The van der Waals surface area contributed by atoms with Crippen LogP contribution in [0.15, 0.2) is 35.6 Å². The Kier molecular flexibility index (Phi) is 7.20. The Balaban J connectivity index is 1.70. The number of hydrogen-bond acceptors (Lipinski definition) is 6. The Morgan fingerprint density at radius 2 is 1.87 bits per heavy atom. The van der Waals surface area contributed by atoms with Gasteiger partial charge in [-0.15, -0.1) is 0 Å². The quantitative estimate of drug-likeness (QED) is 0.397. The van der Waals surface area contributed by atoms with E-state index in [1.807, 2.05) is 28.9 Å². The highest BCUT2D eigenvalue weighted by molar-refractivity contribution is 7.99. The maximum Gasteiger partial charge on any atom is 0.251 e. The number of carbonyl (C=O) groups is 1. The molecule has 0 saturated carbocycles. The normalized spacial score (nSPS) is 11.8. The van der Waals surface area contributed by atoms with E-state index >= 15 is 0 Å². The van der Waals surface area contributed by atoms with Gasteiger partial charge < -0.3 is 10.6 Å². The van der Waals surface area contributed by atoms with E-state index < -0.39 is 0 Å². The molecule has 0 fully saturated rings. The van der Waals surface area contributed by atoms with Crippen LogP contribution < -0.4 is 10.6 Å². The summed E-state index contributed by atoms with van der Waals surface area (Å²) in [6.45, 7) is 13.7. The van der Waals surface area contributed by atoms with E-state index in [-0.39, 0.29) is 17.4 Å². The molecule has 166 valence electrons. The summed E-state index contributed by atoms with van der Waals surface area (Å²) in [6, 6.07) is 8.05. The van der Waals surface area contributed by atoms with Crippen molar-refractivity contribution in [1.82, 2.24) is 25.1 Å². The van der Waals surface area contributed by atoms with E-state index in [0.29, 0.717) is 18.7 Å². The van der Waals surface area contributed by atoms with Crippen molar-refractivity contribution in [3.05, 3.63) is 41.6 Å². The maximum atomic E-state index is 12.5. The third kappa shape index (κ3) is 5.76. The molecule has 31 heavy (non-hydrogen) atoms. The van der Waals surface area contributed by atoms with Crippen LogP contribution in [0.4, 0.5) is 5.82 Å². The van der Waals surface area contributed by atoms with Gasteiger partial charge in [-0.3, -0.25) is 4.79 Å². The molecule has 0 radical (unpaired) electrons. The van der Waals surface area contributed by atoms with Crippen molar-refractivity contribution in [3.8, 4) is 0 Å². The number of carbonyl (C=O) groups excluding carboxylic acids is 1. The Morgan fingerprint density at radius 3 is 2.48 bits per heavy atom. The Bertz CT molecular complexity index is 1040. The van der Waals surface area contributed by atoms with Crippen LogP contribution in [0.2, 0.25) is 0 Å². The molecule has 2 heterocycles. The van der Waals surface area contributed by atoms with Crippen molar-refractivity contribution in [3.63, 3.8) is 0 Å². The number of amides is 1. The SMILES string of the molecule is CCSc1nc(NC(C)C)c2cnn(CCNC(=O)c3ccc(C(C)(C)C)cc3)c2n1. The summed E-state index contributed by atoms with van der Waals surface area (Å²) in [5.41, 5.74) is 2.71. The number of benzene rings is 1. The summed E-state index contributed by atoms with van der Waals surface area (Å²) >= 11 is 1.60. The van der Waals surface area contributed by atoms with E-state index in [4.69, 9.17) is 0 Å². The lowest BCUT2D eigenvalue weighted by molar-refractivity contribution is 0.0952. The molecule has 0 unspecified atom stereocenters. The van der Waals surface area contributed by atoms with Crippen molar-refractivity contribution in [2.75, 3.05) is 17.6 Å². The summed E-state index contributed by atoms with van der Waals surface area (Å²) in [5, 5.41) is 12.5. The molecule has 0 atom stereocenters. The summed E-state index contributed by atoms with van der Waals surface area (Å²) in [5.74, 6) is 1.60. The molecule has 3 rings (SSSR count).